The van der Waals surface area contributed by atoms with Gasteiger partial charge in [0.05, 0.1) is 24.3 Å². The summed E-state index contributed by atoms with van der Waals surface area (Å²) in [5.74, 6) is -1.26. The van der Waals surface area contributed by atoms with E-state index in [2.05, 4.69) is 5.32 Å². The van der Waals surface area contributed by atoms with E-state index in [1.165, 1.54) is 19.2 Å². The summed E-state index contributed by atoms with van der Waals surface area (Å²) in [4.78, 5) is 32.3. The van der Waals surface area contributed by atoms with Crippen LogP contribution in [0.15, 0.2) is 18.2 Å². The molecule has 0 saturated carbocycles. The zero-order valence-electron chi connectivity index (χ0n) is 10.9. The minimum Gasteiger partial charge on any atom is -0.495 e. The number of carboxylic acids is 1. The minimum absolute atomic E-state index is 0.00808. The van der Waals surface area contributed by atoms with Crippen LogP contribution in [0.2, 0.25) is 0 Å². The molecule has 1 atom stereocenters. The van der Waals surface area contributed by atoms with Gasteiger partial charge in [-0.05, 0) is 6.07 Å². The SMILES string of the molecule is COc1ccc([N+](=O)[O-])cc1NC(=O)NC(CO)C(=O)O. The van der Waals surface area contributed by atoms with Gasteiger partial charge in [0.2, 0.25) is 0 Å². The Labute approximate surface area is 118 Å². The lowest BCUT2D eigenvalue weighted by Gasteiger charge is -2.14. The molecule has 0 aliphatic heterocycles. The number of aliphatic hydroxyl groups excluding tert-OH is 1. The van der Waals surface area contributed by atoms with Crippen molar-refractivity contribution in [3.63, 3.8) is 0 Å². The molecule has 21 heavy (non-hydrogen) atoms. The number of carboxylic acid groups (broad SMARTS) is 1. The van der Waals surface area contributed by atoms with Crippen molar-refractivity contribution in [3.8, 4) is 5.75 Å². The molecular formula is C11H13N3O7. The number of urea groups is 1. The number of nitrogens with zero attached hydrogens (tertiary/aromatic N) is 1. The number of nitro groups is 1. The van der Waals surface area contributed by atoms with Gasteiger partial charge >= 0.3 is 12.0 Å². The van der Waals surface area contributed by atoms with Crippen molar-refractivity contribution in [2.24, 2.45) is 0 Å². The second-order valence-electron chi connectivity index (χ2n) is 3.81. The first kappa shape index (κ1) is 16.2. The normalized spacial score (nSPS) is 11.3. The van der Waals surface area contributed by atoms with E-state index in [-0.39, 0.29) is 17.1 Å². The number of aliphatic hydroxyl groups is 1. The van der Waals surface area contributed by atoms with Crippen LogP contribution in [-0.2, 0) is 4.79 Å². The quantitative estimate of drug-likeness (QED) is 0.431. The average Bonchev–Trinajstić information content (AvgIpc) is 2.44. The maximum Gasteiger partial charge on any atom is 0.328 e. The Hall–Kier alpha value is -2.88. The largest absolute Gasteiger partial charge is 0.495 e. The fourth-order valence-corrected chi connectivity index (χ4v) is 1.41. The van der Waals surface area contributed by atoms with Gasteiger partial charge in [-0.2, -0.15) is 0 Å². The van der Waals surface area contributed by atoms with Crippen LogP contribution in [0.3, 0.4) is 0 Å². The van der Waals surface area contributed by atoms with Crippen molar-refractivity contribution in [2.45, 2.75) is 6.04 Å². The summed E-state index contributed by atoms with van der Waals surface area (Å²) in [6, 6.07) is 1.10. The number of amides is 2. The number of non-ortho nitro benzene ring substituents is 1. The van der Waals surface area contributed by atoms with E-state index in [1.54, 1.807) is 0 Å². The summed E-state index contributed by atoms with van der Waals surface area (Å²) < 4.78 is 4.93. The number of methoxy groups -OCH3 is 1. The van der Waals surface area contributed by atoms with Gasteiger partial charge in [-0.15, -0.1) is 0 Å². The number of carbonyl (C=O) groups is 2. The standard InChI is InChI=1S/C11H13N3O7/c1-21-9-3-2-6(14(19)20)4-7(9)12-11(18)13-8(5-15)10(16)17/h2-4,8,15H,5H2,1H3,(H,16,17)(H2,12,13,18). The first-order valence-electron chi connectivity index (χ1n) is 5.62. The van der Waals surface area contributed by atoms with Gasteiger partial charge in [-0.25, -0.2) is 9.59 Å². The van der Waals surface area contributed by atoms with E-state index in [0.717, 1.165) is 6.07 Å². The lowest BCUT2D eigenvalue weighted by molar-refractivity contribution is -0.384. The molecule has 114 valence electrons. The Balaban J connectivity index is 2.90. The average molecular weight is 299 g/mol. The number of carbonyl (C=O) groups excluding carboxylic acids is 1. The van der Waals surface area contributed by atoms with Crippen molar-refractivity contribution in [3.05, 3.63) is 28.3 Å². The smallest absolute Gasteiger partial charge is 0.328 e. The molecule has 1 rings (SSSR count). The number of ether oxygens (including phenoxy) is 1. The summed E-state index contributed by atoms with van der Waals surface area (Å²) >= 11 is 0. The molecule has 4 N–H and O–H groups in total. The first-order chi connectivity index (χ1) is 9.88. The highest BCUT2D eigenvalue weighted by molar-refractivity contribution is 5.93. The predicted octanol–water partition coefficient (Wildman–Crippen LogP) is 0.170. The number of benzene rings is 1. The van der Waals surface area contributed by atoms with Crippen LogP contribution in [0, 0.1) is 10.1 Å². The maximum atomic E-state index is 11.6. The van der Waals surface area contributed by atoms with Crippen molar-refractivity contribution >= 4 is 23.4 Å². The van der Waals surface area contributed by atoms with Crippen LogP contribution >= 0.6 is 0 Å². The zero-order valence-corrected chi connectivity index (χ0v) is 10.9. The van der Waals surface area contributed by atoms with Crippen LogP contribution in [0.1, 0.15) is 0 Å². The lowest BCUT2D eigenvalue weighted by Crippen LogP contribution is -2.45. The molecule has 0 aliphatic rings. The number of nitro benzene ring substituents is 1. The fraction of sp³-hybridized carbons (Fsp3) is 0.273. The number of hydrogen-bond donors (Lipinski definition) is 4. The third-order valence-corrected chi connectivity index (χ3v) is 2.43. The van der Waals surface area contributed by atoms with E-state index >= 15 is 0 Å². The van der Waals surface area contributed by atoms with Crippen LogP contribution in [-0.4, -0.2) is 46.9 Å². The number of hydrogen-bond acceptors (Lipinski definition) is 6. The Morgan fingerprint density at radius 2 is 2.14 bits per heavy atom. The van der Waals surface area contributed by atoms with E-state index in [4.69, 9.17) is 14.9 Å². The van der Waals surface area contributed by atoms with Crippen molar-refractivity contribution in [2.75, 3.05) is 19.0 Å². The van der Waals surface area contributed by atoms with E-state index in [0.29, 0.717) is 0 Å². The Bertz CT molecular complexity index is 561. The predicted molar refractivity (Wildman–Crippen MR) is 70.3 cm³/mol. The molecular weight excluding hydrogens is 286 g/mol. The van der Waals surface area contributed by atoms with Crippen LogP contribution in [0.5, 0.6) is 5.75 Å². The topological polar surface area (TPSA) is 151 Å². The van der Waals surface area contributed by atoms with Crippen LogP contribution in [0.4, 0.5) is 16.2 Å². The molecule has 0 bridgehead atoms. The van der Waals surface area contributed by atoms with Gasteiger partial charge in [0.25, 0.3) is 5.69 Å². The molecule has 0 aromatic heterocycles. The van der Waals surface area contributed by atoms with Crippen molar-refractivity contribution in [1.82, 2.24) is 5.32 Å². The highest BCUT2D eigenvalue weighted by Gasteiger charge is 2.20. The summed E-state index contributed by atoms with van der Waals surface area (Å²) in [5, 5.41) is 32.4. The number of rotatable bonds is 6. The minimum atomic E-state index is -1.49. The van der Waals surface area contributed by atoms with Gasteiger partial charge in [0, 0.05) is 12.1 Å². The van der Waals surface area contributed by atoms with Gasteiger partial charge in [-0.1, -0.05) is 0 Å². The summed E-state index contributed by atoms with van der Waals surface area (Å²) in [6.45, 7) is -0.797. The Morgan fingerprint density at radius 3 is 2.62 bits per heavy atom. The zero-order chi connectivity index (χ0) is 16.0. The molecule has 0 heterocycles. The van der Waals surface area contributed by atoms with Crippen LogP contribution < -0.4 is 15.4 Å². The van der Waals surface area contributed by atoms with Gasteiger partial charge in [-0.3, -0.25) is 10.1 Å². The second kappa shape index (κ2) is 7.05. The van der Waals surface area contributed by atoms with Crippen molar-refractivity contribution < 1.29 is 29.5 Å². The molecule has 0 spiro atoms. The van der Waals surface area contributed by atoms with Gasteiger partial charge in [0.15, 0.2) is 6.04 Å². The third-order valence-electron chi connectivity index (χ3n) is 2.43. The van der Waals surface area contributed by atoms with Crippen LogP contribution in [0.25, 0.3) is 0 Å². The maximum absolute atomic E-state index is 11.6. The molecule has 1 aromatic rings. The van der Waals surface area contributed by atoms with Gasteiger partial charge < -0.3 is 25.6 Å². The van der Waals surface area contributed by atoms with Gasteiger partial charge in [0.1, 0.15) is 5.75 Å². The summed E-state index contributed by atoms with van der Waals surface area (Å²) in [5.41, 5.74) is -0.283. The summed E-state index contributed by atoms with van der Waals surface area (Å²) in [6.07, 6.45) is 0. The van der Waals surface area contributed by atoms with E-state index < -0.39 is 29.6 Å². The first-order valence-corrected chi connectivity index (χ1v) is 5.62. The molecule has 0 radical (unpaired) electrons. The highest BCUT2D eigenvalue weighted by atomic mass is 16.6. The molecule has 2 amide bonds. The van der Waals surface area contributed by atoms with E-state index in [9.17, 15) is 19.7 Å². The second-order valence-corrected chi connectivity index (χ2v) is 3.81. The third kappa shape index (κ3) is 4.31. The highest BCUT2D eigenvalue weighted by Crippen LogP contribution is 2.28. The molecule has 0 fully saturated rings. The lowest BCUT2D eigenvalue weighted by atomic mass is 10.2. The molecule has 1 unspecified atom stereocenters. The number of aliphatic carboxylic acids is 1. The fourth-order valence-electron chi connectivity index (χ4n) is 1.41. The number of anilines is 1. The summed E-state index contributed by atoms with van der Waals surface area (Å²) in [7, 11) is 1.30. The molecule has 1 aromatic carbocycles. The molecule has 0 aliphatic carbocycles. The van der Waals surface area contributed by atoms with E-state index in [1.807, 2.05) is 5.32 Å². The van der Waals surface area contributed by atoms with Crippen molar-refractivity contribution in [1.29, 1.82) is 0 Å². The Kier molecular flexibility index (Phi) is 5.43. The molecule has 10 nitrogen and oxygen atoms in total. The Morgan fingerprint density at radius 1 is 1.48 bits per heavy atom. The molecule has 0 saturated heterocycles. The molecule has 10 heteroatoms. The number of nitrogens with one attached hydrogen (secondary N) is 2. The monoisotopic (exact) mass is 299 g/mol.